The Morgan fingerprint density at radius 1 is 1.33 bits per heavy atom. The van der Waals surface area contributed by atoms with Crippen molar-refractivity contribution in [3.8, 4) is 0 Å². The summed E-state index contributed by atoms with van der Waals surface area (Å²) in [7, 11) is 0. The van der Waals surface area contributed by atoms with Gasteiger partial charge in [-0.05, 0) is 36.6 Å². The van der Waals surface area contributed by atoms with Gasteiger partial charge in [-0.1, -0.05) is 18.2 Å². The lowest BCUT2D eigenvalue weighted by atomic mass is 10.0. The molecule has 2 N–H and O–H groups in total. The second-order valence-corrected chi connectivity index (χ2v) is 6.17. The zero-order valence-corrected chi connectivity index (χ0v) is 12.3. The maximum Gasteiger partial charge on any atom is 0.261 e. The molecule has 0 radical (unpaired) electrons. The molecule has 108 valence electrons. The molecule has 2 aromatic heterocycles. The molecule has 1 amide bonds. The number of aliphatic hydroxyl groups is 1. The number of nitrogens with one attached hydrogen (secondary N) is 1. The van der Waals surface area contributed by atoms with E-state index < -0.39 is 5.60 Å². The van der Waals surface area contributed by atoms with Crippen molar-refractivity contribution in [2.75, 3.05) is 6.54 Å². The van der Waals surface area contributed by atoms with E-state index in [1.165, 1.54) is 17.6 Å². The third-order valence-electron chi connectivity index (χ3n) is 3.29. The second kappa shape index (κ2) is 5.35. The van der Waals surface area contributed by atoms with E-state index in [2.05, 4.69) is 5.32 Å². The lowest BCUT2D eigenvalue weighted by Crippen LogP contribution is -2.38. The van der Waals surface area contributed by atoms with Gasteiger partial charge in [0.2, 0.25) is 0 Å². The molecule has 0 fully saturated rings. The van der Waals surface area contributed by atoms with Gasteiger partial charge in [-0.15, -0.1) is 11.3 Å². The number of rotatable bonds is 4. The number of hydrogen-bond acceptors (Lipinski definition) is 4. The molecular weight excluding hydrogens is 286 g/mol. The first-order chi connectivity index (χ1) is 10.1. The maximum atomic E-state index is 12.2. The highest BCUT2D eigenvalue weighted by Crippen LogP contribution is 2.25. The predicted octanol–water partition coefficient (Wildman–Crippen LogP) is 3.13. The van der Waals surface area contributed by atoms with Crippen LogP contribution in [0.5, 0.6) is 0 Å². The van der Waals surface area contributed by atoms with Gasteiger partial charge < -0.3 is 14.8 Å². The van der Waals surface area contributed by atoms with Crippen LogP contribution in [0.3, 0.4) is 0 Å². The Labute approximate surface area is 126 Å². The average Bonchev–Trinajstić information content (AvgIpc) is 3.13. The smallest absolute Gasteiger partial charge is 0.261 e. The number of furan rings is 1. The Kier molecular flexibility index (Phi) is 3.53. The van der Waals surface area contributed by atoms with Crippen molar-refractivity contribution < 1.29 is 14.3 Å². The molecule has 1 atom stereocenters. The highest BCUT2D eigenvalue weighted by molar-refractivity contribution is 7.20. The van der Waals surface area contributed by atoms with Crippen LogP contribution < -0.4 is 5.32 Å². The summed E-state index contributed by atoms with van der Waals surface area (Å²) in [6, 6.07) is 13.1. The Morgan fingerprint density at radius 3 is 2.86 bits per heavy atom. The van der Waals surface area contributed by atoms with Gasteiger partial charge >= 0.3 is 0 Å². The number of amides is 1. The van der Waals surface area contributed by atoms with Gasteiger partial charge in [0.25, 0.3) is 5.91 Å². The van der Waals surface area contributed by atoms with Gasteiger partial charge in [0.05, 0.1) is 17.7 Å². The Balaban J connectivity index is 1.72. The minimum absolute atomic E-state index is 0.0909. The Hall–Kier alpha value is -2.11. The lowest BCUT2D eigenvalue weighted by molar-refractivity contribution is 0.0331. The summed E-state index contributed by atoms with van der Waals surface area (Å²) in [5.74, 6) is 0.238. The Morgan fingerprint density at radius 2 is 2.14 bits per heavy atom. The number of benzene rings is 1. The summed E-state index contributed by atoms with van der Waals surface area (Å²) in [4.78, 5) is 12.8. The van der Waals surface area contributed by atoms with E-state index in [0.717, 1.165) is 10.1 Å². The number of thiophene rings is 1. The summed E-state index contributed by atoms with van der Waals surface area (Å²) in [6.07, 6.45) is 1.50. The van der Waals surface area contributed by atoms with Crippen molar-refractivity contribution in [1.82, 2.24) is 5.32 Å². The van der Waals surface area contributed by atoms with E-state index in [1.807, 2.05) is 30.3 Å². The number of carbonyl (C=O) groups excluding carboxylic acids is 1. The molecule has 0 bridgehead atoms. The van der Waals surface area contributed by atoms with Crippen LogP contribution >= 0.6 is 11.3 Å². The van der Waals surface area contributed by atoms with Crippen LogP contribution in [0.25, 0.3) is 10.1 Å². The first-order valence-corrected chi connectivity index (χ1v) is 7.41. The number of carbonyl (C=O) groups is 1. The predicted molar refractivity (Wildman–Crippen MR) is 82.4 cm³/mol. The molecule has 1 unspecified atom stereocenters. The first-order valence-electron chi connectivity index (χ1n) is 6.59. The minimum Gasteiger partial charge on any atom is -0.466 e. The van der Waals surface area contributed by atoms with E-state index in [0.29, 0.717) is 10.6 Å². The summed E-state index contributed by atoms with van der Waals surface area (Å²) in [5, 5.41) is 14.1. The van der Waals surface area contributed by atoms with Gasteiger partial charge in [-0.25, -0.2) is 0 Å². The average molecular weight is 301 g/mol. The zero-order valence-electron chi connectivity index (χ0n) is 11.5. The van der Waals surface area contributed by atoms with Crippen LogP contribution in [0.1, 0.15) is 22.4 Å². The first kappa shape index (κ1) is 13.9. The molecule has 3 rings (SSSR count). The van der Waals surface area contributed by atoms with Crippen LogP contribution in [0, 0.1) is 0 Å². The number of fused-ring (bicyclic) bond motifs is 1. The molecule has 3 aromatic rings. The summed E-state index contributed by atoms with van der Waals surface area (Å²) in [6.45, 7) is 1.70. The molecule has 0 aliphatic rings. The third kappa shape index (κ3) is 2.84. The summed E-state index contributed by atoms with van der Waals surface area (Å²) in [5.41, 5.74) is -1.23. The fraction of sp³-hybridized carbons (Fsp3) is 0.188. The molecular formula is C16H15NO3S. The largest absolute Gasteiger partial charge is 0.466 e. The monoisotopic (exact) mass is 301 g/mol. The second-order valence-electron chi connectivity index (χ2n) is 5.08. The highest BCUT2D eigenvalue weighted by Gasteiger charge is 2.27. The molecule has 5 heteroatoms. The molecule has 0 aliphatic carbocycles. The zero-order chi connectivity index (χ0) is 14.9. The highest BCUT2D eigenvalue weighted by atomic mass is 32.1. The van der Waals surface area contributed by atoms with Gasteiger partial charge in [0.15, 0.2) is 0 Å². The van der Waals surface area contributed by atoms with Crippen molar-refractivity contribution in [3.05, 3.63) is 59.4 Å². The van der Waals surface area contributed by atoms with Gasteiger partial charge in [0.1, 0.15) is 11.4 Å². The molecule has 0 saturated heterocycles. The molecule has 0 saturated carbocycles. The van der Waals surface area contributed by atoms with Crippen LogP contribution in [0.2, 0.25) is 0 Å². The fourth-order valence-electron chi connectivity index (χ4n) is 2.11. The van der Waals surface area contributed by atoms with Crippen molar-refractivity contribution in [1.29, 1.82) is 0 Å². The summed E-state index contributed by atoms with van der Waals surface area (Å²) < 4.78 is 6.26. The quantitative estimate of drug-likeness (QED) is 0.778. The normalized spacial score (nSPS) is 14.0. The fourth-order valence-corrected chi connectivity index (χ4v) is 3.08. The molecule has 1 aromatic carbocycles. The molecule has 4 nitrogen and oxygen atoms in total. The molecule has 0 aliphatic heterocycles. The molecule has 2 heterocycles. The van der Waals surface area contributed by atoms with E-state index in [4.69, 9.17) is 4.42 Å². The summed E-state index contributed by atoms with van der Waals surface area (Å²) >= 11 is 1.44. The Bertz CT molecular complexity index is 726. The van der Waals surface area contributed by atoms with E-state index in [9.17, 15) is 9.90 Å². The topological polar surface area (TPSA) is 62.5 Å². The van der Waals surface area contributed by atoms with E-state index in [-0.39, 0.29) is 12.5 Å². The van der Waals surface area contributed by atoms with E-state index in [1.54, 1.807) is 19.1 Å². The van der Waals surface area contributed by atoms with Gasteiger partial charge in [0, 0.05) is 4.70 Å². The van der Waals surface area contributed by atoms with Crippen molar-refractivity contribution in [2.24, 2.45) is 0 Å². The van der Waals surface area contributed by atoms with Crippen LogP contribution in [0.4, 0.5) is 0 Å². The molecule has 0 spiro atoms. The van der Waals surface area contributed by atoms with Crippen LogP contribution in [0.15, 0.2) is 53.1 Å². The third-order valence-corrected chi connectivity index (χ3v) is 4.41. The van der Waals surface area contributed by atoms with Crippen LogP contribution in [-0.4, -0.2) is 17.6 Å². The maximum absolute atomic E-state index is 12.2. The van der Waals surface area contributed by atoms with Crippen molar-refractivity contribution >= 4 is 27.3 Å². The minimum atomic E-state index is -1.23. The standard InChI is InChI=1S/C16H15NO3S/c1-16(19,14-7-4-8-20-14)10-17-15(18)13-9-11-5-2-3-6-12(11)21-13/h2-9,19H,10H2,1H3,(H,17,18). The van der Waals surface area contributed by atoms with Crippen molar-refractivity contribution in [2.45, 2.75) is 12.5 Å². The van der Waals surface area contributed by atoms with Crippen LogP contribution in [-0.2, 0) is 5.60 Å². The van der Waals surface area contributed by atoms with Crippen molar-refractivity contribution in [3.63, 3.8) is 0 Å². The lowest BCUT2D eigenvalue weighted by Gasteiger charge is -2.20. The SMILES string of the molecule is CC(O)(CNC(=O)c1cc2ccccc2s1)c1ccco1. The van der Waals surface area contributed by atoms with E-state index >= 15 is 0 Å². The molecule has 21 heavy (non-hydrogen) atoms. The van der Waals surface area contributed by atoms with Gasteiger partial charge in [-0.2, -0.15) is 0 Å². The number of hydrogen-bond donors (Lipinski definition) is 2. The van der Waals surface area contributed by atoms with Gasteiger partial charge in [-0.3, -0.25) is 4.79 Å².